The zero-order valence-electron chi connectivity index (χ0n) is 62.5. The summed E-state index contributed by atoms with van der Waals surface area (Å²) in [6.45, 7) is 21.5. The van der Waals surface area contributed by atoms with Crippen molar-refractivity contribution in [2.24, 2.45) is 35.3 Å². The Kier molecular flexibility index (Phi) is 35.6. The number of halogens is 1. The van der Waals surface area contributed by atoms with Gasteiger partial charge in [-0.3, -0.25) is 28.8 Å². The van der Waals surface area contributed by atoms with Crippen LogP contribution in [0.2, 0.25) is 5.02 Å². The number of ether oxygens (including phenoxy) is 2. The summed E-state index contributed by atoms with van der Waals surface area (Å²) in [5.41, 5.74) is 9.81. The second-order valence-corrected chi connectivity index (χ2v) is 28.7. The average Bonchev–Trinajstić information content (AvgIpc) is 0.763. The van der Waals surface area contributed by atoms with E-state index in [1.54, 1.807) is 95.3 Å². The second-order valence-electron chi connectivity index (χ2n) is 28.2. The van der Waals surface area contributed by atoms with Gasteiger partial charge in [0.25, 0.3) is 5.91 Å². The normalized spacial score (nSPS) is 22.5. The van der Waals surface area contributed by atoms with Crippen molar-refractivity contribution in [3.63, 3.8) is 0 Å². The van der Waals surface area contributed by atoms with Crippen molar-refractivity contribution in [3.05, 3.63) is 88.0 Å². The Morgan fingerprint density at radius 1 is 0.853 bits per heavy atom. The molecule has 11 atom stereocenters. The number of nitrogens with one attached hydrogen (secondary N) is 7. The number of rotatable bonds is 28. The predicted molar refractivity (Wildman–Crippen MR) is 388 cm³/mol. The molecule has 0 fully saturated rings. The number of cyclic esters (lactones) is 2. The van der Waals surface area contributed by atoms with Gasteiger partial charge in [0.15, 0.2) is 6.10 Å². The molecule has 3 rings (SSSR count). The van der Waals surface area contributed by atoms with E-state index in [0.717, 1.165) is 21.0 Å². The first kappa shape index (κ1) is 87.6. The Hall–Kier alpha value is -8.63. The molecule has 10 amide bonds. The predicted octanol–water partition coefficient (Wildman–Crippen LogP) is 7.37. The van der Waals surface area contributed by atoms with E-state index in [2.05, 4.69) is 37.4 Å². The van der Waals surface area contributed by atoms with Gasteiger partial charge in [0, 0.05) is 69.9 Å². The van der Waals surface area contributed by atoms with E-state index >= 15 is 4.79 Å². The zero-order valence-corrected chi connectivity index (χ0v) is 63.3. The van der Waals surface area contributed by atoms with Crippen molar-refractivity contribution < 1.29 is 77.2 Å². The van der Waals surface area contributed by atoms with Crippen molar-refractivity contribution >= 4 is 89.2 Å². The van der Waals surface area contributed by atoms with Gasteiger partial charge in [0.05, 0.1) is 18.1 Å². The molecule has 568 valence electrons. The van der Waals surface area contributed by atoms with Crippen LogP contribution in [0.15, 0.2) is 71.8 Å². The minimum atomic E-state index is -1.83. The van der Waals surface area contributed by atoms with E-state index < -0.39 is 143 Å². The fraction of sp³-hybridized carbons (Fsp3) is 0.616. The summed E-state index contributed by atoms with van der Waals surface area (Å²) in [7, 11) is 5.60. The third-order valence-corrected chi connectivity index (χ3v) is 19.3. The number of likely N-dealkylation sites (N-methyl/N-ethyl adjacent to an activating group) is 3. The number of aldehydes is 1. The molecular formula is C73H113ClN12O16. The molecule has 29 heteroatoms. The molecule has 28 nitrogen and oxygen atoms in total. The van der Waals surface area contributed by atoms with Crippen molar-refractivity contribution in [3.8, 4) is 0 Å². The van der Waals surface area contributed by atoms with Gasteiger partial charge in [-0.1, -0.05) is 116 Å². The number of carboxylic acid groups (broad SMARTS) is 2. The summed E-state index contributed by atoms with van der Waals surface area (Å²) in [5, 5.41) is 35.3. The van der Waals surface area contributed by atoms with E-state index in [0.29, 0.717) is 59.5 Å². The number of unbranched alkanes of at least 4 members (excludes halogenated alkanes) is 2. The molecule has 102 heavy (non-hydrogen) atoms. The summed E-state index contributed by atoms with van der Waals surface area (Å²) in [6.07, 6.45) is 0.699. The fourth-order valence-corrected chi connectivity index (χ4v) is 12.3. The van der Waals surface area contributed by atoms with Gasteiger partial charge in [0.1, 0.15) is 42.1 Å². The highest BCUT2D eigenvalue weighted by Gasteiger charge is 2.50. The zero-order chi connectivity index (χ0) is 77.1. The molecule has 2 aromatic rings. The molecule has 1 heterocycles. The second kappa shape index (κ2) is 41.5. The van der Waals surface area contributed by atoms with Crippen LogP contribution in [0.3, 0.4) is 0 Å². The van der Waals surface area contributed by atoms with Crippen LogP contribution in [0.4, 0.5) is 20.1 Å². The van der Waals surface area contributed by atoms with E-state index in [1.165, 1.54) is 60.8 Å². The van der Waals surface area contributed by atoms with Gasteiger partial charge in [-0.05, 0) is 151 Å². The SMILES string of the molecule is C/C=C(\C)[C@H]1OC(=O)C(C)(C)NC(=O)[C@H]([C@H](C)CC)NC(=O)CN(C)C(=O)[C@@H](Cc2ccc(Cl)cc2)N(C)C(=O)[C@H](C)NC(=O)[C@@H](CC(C)C)OC(=O)/C(C)=C/C[C@H](C(CCCCCN(C)C(=O)O)(Cc2ccc(NC(=O)[C@H](CCCNC(N)=O)NN[C@H](C=O)C(C)C)cc2)N(C)C(=O)O)[C@@H]1C. The molecule has 1 aliphatic rings. The molecule has 0 spiro atoms. The number of hydrogen-bond donors (Lipinski definition) is 10. The Bertz CT molecular complexity index is 3260. The maximum absolute atomic E-state index is 15.1. The van der Waals surface area contributed by atoms with Crippen LogP contribution in [-0.4, -0.2) is 203 Å². The molecule has 1 aliphatic heterocycles. The lowest BCUT2D eigenvalue weighted by atomic mass is 9.65. The minimum absolute atomic E-state index is 0.00165. The van der Waals surface area contributed by atoms with Crippen molar-refractivity contribution in [1.29, 1.82) is 0 Å². The Balaban J connectivity index is 2.44. The standard InChI is InChI=1S/C73H113ClN12O16/c1-18-45(7)60-64(91)80-72(12,13)68(95)102-61(46(8)19-2)48(10)54(34-25-47(9)67(94)101-58(38-43(3)4)63(90)77-49(11)65(92)85(16)57(39-50-26-30-52(74)31-27-50)66(93)84(15)41-59(88)79-60)73(86(17)71(99)100,35-21-20-22-37-83(14)70(97)98)40-51-28-32-53(33-29-51)78-62(89)55(24-23-36-76-69(75)96)81-82-56(42-87)44(5)6/h19,25-33,42-45,48-49,54-58,60-61,81-82H,18,20-24,34-41H2,1-17H3,(H,77,90)(H,78,89)(H,79,88)(H,80,91)(H,97,98)(H,99,100)(H3,75,76,96)/b46-19+,47-25+/t45-,48+,49+,54+,55+,56-,57-,58-,60+,61-,73?/m1/s1. The number of carbonyl (C=O) groups is 12. The highest BCUT2D eigenvalue weighted by Crippen LogP contribution is 2.44. The highest BCUT2D eigenvalue weighted by atomic mass is 35.5. The molecule has 2 aromatic carbocycles. The van der Waals surface area contributed by atoms with Gasteiger partial charge in [0.2, 0.25) is 29.5 Å². The summed E-state index contributed by atoms with van der Waals surface area (Å²) >= 11 is 6.22. The Labute approximate surface area is 606 Å². The highest BCUT2D eigenvalue weighted by molar-refractivity contribution is 6.30. The topological polar surface area (TPSA) is 387 Å². The van der Waals surface area contributed by atoms with Crippen LogP contribution in [0, 0.1) is 29.6 Å². The lowest BCUT2D eigenvalue weighted by molar-refractivity contribution is -0.160. The van der Waals surface area contributed by atoms with Crippen LogP contribution in [0.1, 0.15) is 159 Å². The summed E-state index contributed by atoms with van der Waals surface area (Å²) < 4.78 is 12.7. The molecule has 0 radical (unpaired) electrons. The number of benzene rings is 2. The van der Waals surface area contributed by atoms with Crippen molar-refractivity contribution in [2.75, 3.05) is 53.1 Å². The van der Waals surface area contributed by atoms with Gasteiger partial charge >= 0.3 is 30.2 Å². The number of hydrazine groups is 1. The molecule has 1 unspecified atom stereocenters. The maximum Gasteiger partial charge on any atom is 0.407 e. The smallest absolute Gasteiger partial charge is 0.407 e. The lowest BCUT2D eigenvalue weighted by Crippen LogP contribution is -2.61. The number of amides is 10. The summed E-state index contributed by atoms with van der Waals surface area (Å²) in [4.78, 5) is 170. The number of nitrogens with zero attached hydrogens (tertiary/aromatic N) is 4. The number of primary amides is 1. The van der Waals surface area contributed by atoms with Crippen LogP contribution < -0.4 is 43.2 Å². The number of anilines is 1. The molecule has 0 aromatic heterocycles. The first-order valence-corrected chi connectivity index (χ1v) is 35.3. The van der Waals surface area contributed by atoms with Crippen molar-refractivity contribution in [1.82, 2.24) is 51.7 Å². The van der Waals surface area contributed by atoms with Crippen LogP contribution in [-0.2, 0) is 65.5 Å². The number of esters is 2. The number of allylic oxidation sites excluding steroid dienone is 2. The summed E-state index contributed by atoms with van der Waals surface area (Å²) in [5.74, 6) is -8.82. The molecule has 0 saturated carbocycles. The number of hydrogen-bond acceptors (Lipinski definition) is 16. The largest absolute Gasteiger partial charge is 0.465 e. The Morgan fingerprint density at radius 2 is 1.48 bits per heavy atom. The minimum Gasteiger partial charge on any atom is -0.465 e. The molecule has 0 saturated heterocycles. The average molecular weight is 1450 g/mol. The van der Waals surface area contributed by atoms with E-state index in [9.17, 15) is 63.0 Å². The van der Waals surface area contributed by atoms with Crippen LogP contribution >= 0.6 is 11.6 Å². The van der Waals surface area contributed by atoms with Crippen molar-refractivity contribution in [2.45, 2.75) is 214 Å². The molecular weight excluding hydrogens is 1340 g/mol. The van der Waals surface area contributed by atoms with Gasteiger partial charge in [-0.2, -0.15) is 0 Å². The first-order chi connectivity index (χ1) is 47.7. The summed E-state index contributed by atoms with van der Waals surface area (Å²) in [6, 6.07) is 7.15. The van der Waals surface area contributed by atoms with E-state index in [-0.39, 0.29) is 69.0 Å². The number of urea groups is 1. The third kappa shape index (κ3) is 26.6. The van der Waals surface area contributed by atoms with E-state index in [1.807, 2.05) is 27.7 Å². The van der Waals surface area contributed by atoms with Crippen LogP contribution in [0.5, 0.6) is 0 Å². The first-order valence-electron chi connectivity index (χ1n) is 35.0. The number of carbonyl (C=O) groups excluding carboxylic acids is 10. The van der Waals surface area contributed by atoms with Crippen LogP contribution in [0.25, 0.3) is 0 Å². The molecule has 0 aliphatic carbocycles. The fourth-order valence-electron chi connectivity index (χ4n) is 12.2. The molecule has 11 N–H and O–H groups in total. The Morgan fingerprint density at radius 3 is 2.04 bits per heavy atom. The lowest BCUT2D eigenvalue weighted by Gasteiger charge is -2.50. The van der Waals surface area contributed by atoms with Gasteiger partial charge < -0.3 is 76.4 Å². The van der Waals surface area contributed by atoms with E-state index in [4.69, 9.17) is 26.8 Å². The molecule has 0 bridgehead atoms. The quantitative estimate of drug-likeness (QED) is 0.0131. The van der Waals surface area contributed by atoms with Gasteiger partial charge in [-0.25, -0.2) is 34.8 Å². The number of nitrogens with two attached hydrogens (primary N) is 1. The third-order valence-electron chi connectivity index (χ3n) is 19.0. The van der Waals surface area contributed by atoms with Gasteiger partial charge in [-0.15, -0.1) is 0 Å². The maximum atomic E-state index is 15.1. The monoisotopic (exact) mass is 1450 g/mol.